The van der Waals surface area contributed by atoms with Gasteiger partial charge in [0.1, 0.15) is 5.82 Å². The maximum atomic E-state index is 13.2. The van der Waals surface area contributed by atoms with E-state index in [0.29, 0.717) is 18.0 Å². The Balaban J connectivity index is 1.45. The number of nitrogens with zero attached hydrogens (tertiary/aromatic N) is 4. The third-order valence-corrected chi connectivity index (χ3v) is 7.66. The van der Waals surface area contributed by atoms with E-state index in [-0.39, 0.29) is 5.92 Å². The molecule has 7 heteroatoms. The van der Waals surface area contributed by atoms with Crippen LogP contribution in [0, 0.1) is 0 Å². The summed E-state index contributed by atoms with van der Waals surface area (Å²) < 4.78 is 30.1. The lowest BCUT2D eigenvalue weighted by molar-refractivity contribution is 0.308. The number of pyridine rings is 1. The van der Waals surface area contributed by atoms with E-state index in [4.69, 9.17) is 0 Å². The lowest BCUT2D eigenvalue weighted by Gasteiger charge is -2.31. The van der Waals surface area contributed by atoms with Crippen molar-refractivity contribution in [3.63, 3.8) is 0 Å². The van der Waals surface area contributed by atoms with Gasteiger partial charge in [-0.3, -0.25) is 4.40 Å². The highest BCUT2D eigenvalue weighted by Gasteiger charge is 2.33. The van der Waals surface area contributed by atoms with Gasteiger partial charge < -0.3 is 0 Å². The van der Waals surface area contributed by atoms with E-state index in [0.717, 1.165) is 43.6 Å². The first-order valence-electron chi connectivity index (χ1n) is 9.54. The van der Waals surface area contributed by atoms with Crippen LogP contribution in [0.2, 0.25) is 0 Å². The van der Waals surface area contributed by atoms with Gasteiger partial charge in [-0.05, 0) is 67.5 Å². The minimum atomic E-state index is -3.48. The maximum Gasteiger partial charge on any atom is 0.243 e. The Morgan fingerprint density at radius 3 is 2.81 bits per heavy atom. The predicted molar refractivity (Wildman–Crippen MR) is 102 cm³/mol. The van der Waals surface area contributed by atoms with Crippen molar-refractivity contribution in [3.05, 3.63) is 59.5 Å². The molecule has 1 fully saturated rings. The molecule has 0 radical (unpaired) electrons. The summed E-state index contributed by atoms with van der Waals surface area (Å²) in [6.07, 6.45) is 6.85. The van der Waals surface area contributed by atoms with Crippen LogP contribution in [0.25, 0.3) is 5.65 Å². The Bertz CT molecular complexity index is 1110. The van der Waals surface area contributed by atoms with Gasteiger partial charge in [-0.15, -0.1) is 10.2 Å². The molecule has 27 heavy (non-hydrogen) atoms. The molecule has 1 aromatic carbocycles. The van der Waals surface area contributed by atoms with E-state index in [1.54, 1.807) is 10.4 Å². The first kappa shape index (κ1) is 16.9. The molecule has 0 unspecified atom stereocenters. The number of benzene rings is 1. The Morgan fingerprint density at radius 2 is 1.89 bits per heavy atom. The van der Waals surface area contributed by atoms with Crippen molar-refractivity contribution in [1.29, 1.82) is 0 Å². The summed E-state index contributed by atoms with van der Waals surface area (Å²) in [5, 5.41) is 8.57. The van der Waals surface area contributed by atoms with E-state index >= 15 is 0 Å². The van der Waals surface area contributed by atoms with Crippen LogP contribution in [0.15, 0.2) is 47.5 Å². The van der Waals surface area contributed by atoms with E-state index in [9.17, 15) is 8.42 Å². The van der Waals surface area contributed by atoms with Gasteiger partial charge >= 0.3 is 0 Å². The summed E-state index contributed by atoms with van der Waals surface area (Å²) >= 11 is 0. The molecule has 5 rings (SSSR count). The van der Waals surface area contributed by atoms with Crippen molar-refractivity contribution in [2.24, 2.45) is 0 Å². The lowest BCUT2D eigenvalue weighted by Crippen LogP contribution is -2.39. The second kappa shape index (κ2) is 6.42. The molecule has 0 N–H and O–H groups in total. The number of aryl methyl sites for hydroxylation is 2. The van der Waals surface area contributed by atoms with Gasteiger partial charge in [-0.25, -0.2) is 8.42 Å². The highest BCUT2D eigenvalue weighted by molar-refractivity contribution is 7.89. The highest BCUT2D eigenvalue weighted by Crippen LogP contribution is 2.31. The van der Waals surface area contributed by atoms with Crippen molar-refractivity contribution in [3.8, 4) is 0 Å². The van der Waals surface area contributed by atoms with Gasteiger partial charge in [-0.2, -0.15) is 4.31 Å². The number of aromatic nitrogens is 3. The average Bonchev–Trinajstić information content (AvgIpc) is 3.34. The molecule has 140 valence electrons. The van der Waals surface area contributed by atoms with Gasteiger partial charge in [0.15, 0.2) is 5.65 Å². The molecule has 3 heterocycles. The van der Waals surface area contributed by atoms with E-state index in [2.05, 4.69) is 10.2 Å². The first-order chi connectivity index (χ1) is 13.1. The van der Waals surface area contributed by atoms with Gasteiger partial charge in [0.2, 0.25) is 10.0 Å². The standard InChI is InChI=1S/C20H22N4O2S/c25-27(26,18-10-9-15-5-3-6-16(15)13-18)23-11-4-7-17(14-23)20-22-21-19-8-1-2-12-24(19)20/h1-2,8-10,12-13,17H,3-7,11,14H2/t17-/m0/s1. The first-order valence-corrected chi connectivity index (χ1v) is 11.0. The van der Waals surface area contributed by atoms with Crippen LogP contribution in [-0.2, 0) is 22.9 Å². The van der Waals surface area contributed by atoms with Crippen molar-refractivity contribution >= 4 is 15.7 Å². The molecule has 6 nitrogen and oxygen atoms in total. The van der Waals surface area contributed by atoms with Crippen molar-refractivity contribution in [1.82, 2.24) is 18.9 Å². The number of hydrogen-bond donors (Lipinski definition) is 0. The molecule has 3 aromatic rings. The Hall–Kier alpha value is -2.25. The molecule has 0 bridgehead atoms. The summed E-state index contributed by atoms with van der Waals surface area (Å²) in [7, 11) is -3.48. The van der Waals surface area contributed by atoms with Crippen LogP contribution in [0.5, 0.6) is 0 Å². The van der Waals surface area contributed by atoms with Crippen LogP contribution in [0.3, 0.4) is 0 Å². The van der Waals surface area contributed by atoms with Crippen molar-refractivity contribution in [2.45, 2.75) is 42.9 Å². The largest absolute Gasteiger partial charge is 0.286 e. The molecule has 2 aromatic heterocycles. The number of fused-ring (bicyclic) bond motifs is 2. The fourth-order valence-corrected chi connectivity index (χ4v) is 5.94. The molecule has 2 aliphatic rings. The molecule has 1 saturated heterocycles. The molecule has 0 saturated carbocycles. The van der Waals surface area contributed by atoms with Crippen LogP contribution < -0.4 is 0 Å². The SMILES string of the molecule is O=S(=O)(c1ccc2c(c1)CCC2)N1CCC[C@H](c2nnc3ccccn23)C1. The van der Waals surface area contributed by atoms with Gasteiger partial charge in [0.25, 0.3) is 0 Å². The van der Waals surface area contributed by atoms with Crippen molar-refractivity contribution < 1.29 is 8.42 Å². The van der Waals surface area contributed by atoms with Crippen LogP contribution in [-0.4, -0.2) is 40.4 Å². The smallest absolute Gasteiger partial charge is 0.243 e. The zero-order chi connectivity index (χ0) is 18.4. The molecule has 0 spiro atoms. The van der Waals surface area contributed by atoms with Crippen molar-refractivity contribution in [2.75, 3.05) is 13.1 Å². The Labute approximate surface area is 158 Å². The molecule has 0 amide bonds. The third kappa shape index (κ3) is 2.85. The summed E-state index contributed by atoms with van der Waals surface area (Å²) in [5.74, 6) is 0.903. The molecule has 1 atom stereocenters. The molecular formula is C20H22N4O2S. The summed E-state index contributed by atoms with van der Waals surface area (Å²) in [6, 6.07) is 11.4. The van der Waals surface area contributed by atoms with Crippen LogP contribution in [0.4, 0.5) is 0 Å². The summed E-state index contributed by atoms with van der Waals surface area (Å²) in [5.41, 5.74) is 3.28. The number of piperidine rings is 1. The molecular weight excluding hydrogens is 360 g/mol. The number of sulfonamides is 1. The fraction of sp³-hybridized carbons (Fsp3) is 0.400. The van der Waals surface area contributed by atoms with Crippen LogP contribution >= 0.6 is 0 Å². The second-order valence-electron chi connectivity index (χ2n) is 7.47. The lowest BCUT2D eigenvalue weighted by atomic mass is 9.99. The quantitative estimate of drug-likeness (QED) is 0.699. The Morgan fingerprint density at radius 1 is 1.00 bits per heavy atom. The van der Waals surface area contributed by atoms with Gasteiger partial charge in [-0.1, -0.05) is 12.1 Å². The average molecular weight is 382 g/mol. The monoisotopic (exact) mass is 382 g/mol. The summed E-state index contributed by atoms with van der Waals surface area (Å²) in [4.78, 5) is 0.426. The van der Waals surface area contributed by atoms with Crippen LogP contribution in [0.1, 0.15) is 42.1 Å². The molecule has 1 aliphatic heterocycles. The number of rotatable bonds is 3. The minimum absolute atomic E-state index is 0.0559. The number of hydrogen-bond acceptors (Lipinski definition) is 4. The third-order valence-electron chi connectivity index (χ3n) is 5.80. The Kier molecular flexibility index (Phi) is 4.02. The normalized spacial score (nSPS) is 20.8. The summed E-state index contributed by atoms with van der Waals surface area (Å²) in [6.45, 7) is 1.02. The molecule has 1 aliphatic carbocycles. The zero-order valence-electron chi connectivity index (χ0n) is 15.1. The maximum absolute atomic E-state index is 13.2. The van der Waals surface area contributed by atoms with E-state index < -0.39 is 10.0 Å². The minimum Gasteiger partial charge on any atom is -0.286 e. The van der Waals surface area contributed by atoms with Gasteiger partial charge in [0, 0.05) is 25.2 Å². The topological polar surface area (TPSA) is 67.6 Å². The zero-order valence-corrected chi connectivity index (χ0v) is 15.9. The van der Waals surface area contributed by atoms with E-state index in [1.165, 1.54) is 11.1 Å². The fourth-order valence-electron chi connectivity index (χ4n) is 4.37. The van der Waals surface area contributed by atoms with Gasteiger partial charge in [0.05, 0.1) is 4.90 Å². The predicted octanol–water partition coefficient (Wildman–Crippen LogP) is 2.79. The second-order valence-corrected chi connectivity index (χ2v) is 9.41. The highest BCUT2D eigenvalue weighted by atomic mass is 32.2. The van der Waals surface area contributed by atoms with E-state index in [1.807, 2.05) is 40.9 Å².